The van der Waals surface area contributed by atoms with Crippen molar-refractivity contribution in [3.8, 4) is 5.75 Å². The lowest BCUT2D eigenvalue weighted by molar-refractivity contribution is -0.128. The van der Waals surface area contributed by atoms with Crippen LogP contribution in [-0.4, -0.2) is 40.3 Å². The van der Waals surface area contributed by atoms with Gasteiger partial charge in [0.2, 0.25) is 5.91 Å². The highest BCUT2D eigenvalue weighted by atomic mass is 35.5. The molecule has 0 bridgehead atoms. The van der Waals surface area contributed by atoms with E-state index in [1.54, 1.807) is 31.1 Å². The molecular formula is C16H20ClN3O3S. The fraction of sp³-hybridized carbons (Fsp3) is 0.438. The van der Waals surface area contributed by atoms with E-state index in [0.29, 0.717) is 21.9 Å². The predicted molar refractivity (Wildman–Crippen MR) is 93.3 cm³/mol. The zero-order chi connectivity index (χ0) is 17.7. The van der Waals surface area contributed by atoms with Crippen molar-refractivity contribution in [1.29, 1.82) is 0 Å². The van der Waals surface area contributed by atoms with Gasteiger partial charge in [0.25, 0.3) is 11.1 Å². The Morgan fingerprint density at radius 3 is 2.67 bits per heavy atom. The van der Waals surface area contributed by atoms with E-state index in [4.69, 9.17) is 20.8 Å². The Bertz CT molecular complexity index is 691. The Balaban J connectivity index is 1.99. The first-order valence-corrected chi connectivity index (χ1v) is 8.71. The van der Waals surface area contributed by atoms with Crippen molar-refractivity contribution < 1.29 is 13.9 Å². The number of carbonyl (C=O) groups excluding carboxylic acids is 1. The molecule has 1 aromatic heterocycles. The van der Waals surface area contributed by atoms with Gasteiger partial charge in [0.1, 0.15) is 5.75 Å². The van der Waals surface area contributed by atoms with Crippen molar-refractivity contribution in [2.75, 3.05) is 14.1 Å². The molecule has 0 radical (unpaired) electrons. The Kier molecular flexibility index (Phi) is 6.51. The number of aromatic nitrogens is 2. The van der Waals surface area contributed by atoms with Crippen LogP contribution >= 0.6 is 23.4 Å². The van der Waals surface area contributed by atoms with E-state index in [1.807, 2.05) is 26.0 Å². The highest BCUT2D eigenvalue weighted by Crippen LogP contribution is 2.29. The third kappa shape index (κ3) is 4.88. The van der Waals surface area contributed by atoms with Crippen molar-refractivity contribution in [3.05, 3.63) is 35.2 Å². The van der Waals surface area contributed by atoms with E-state index in [9.17, 15) is 4.79 Å². The summed E-state index contributed by atoms with van der Waals surface area (Å²) in [7, 11) is 3.46. The molecule has 0 saturated carbocycles. The first-order valence-electron chi connectivity index (χ1n) is 7.46. The maximum absolute atomic E-state index is 12.2. The number of para-hydroxylation sites is 1. The third-order valence-corrected chi connectivity index (χ3v) is 4.83. The molecule has 0 spiro atoms. The standard InChI is InChI=1S/C16H20ClN3O3S/c1-10(2)14(15(21)20(3)4)24-16-19-18-13(23-16)9-22-12-8-6-5-7-11(12)17/h5-8,10,14H,9H2,1-4H3. The molecule has 0 N–H and O–H groups in total. The molecule has 1 amide bonds. The van der Waals surface area contributed by atoms with Crippen molar-refractivity contribution in [2.45, 2.75) is 30.9 Å². The summed E-state index contributed by atoms with van der Waals surface area (Å²) in [5, 5.41) is 8.51. The predicted octanol–water partition coefficient (Wildman–Crippen LogP) is 3.51. The van der Waals surface area contributed by atoms with Gasteiger partial charge in [0, 0.05) is 14.1 Å². The SMILES string of the molecule is CC(C)C(Sc1nnc(COc2ccccc2Cl)o1)C(=O)N(C)C. The van der Waals surface area contributed by atoms with Gasteiger partial charge in [0.15, 0.2) is 6.61 Å². The molecule has 1 aromatic carbocycles. The molecule has 0 aliphatic rings. The minimum atomic E-state index is -0.280. The average molecular weight is 370 g/mol. The van der Waals surface area contributed by atoms with Gasteiger partial charge in [-0.25, -0.2) is 0 Å². The quantitative estimate of drug-likeness (QED) is 0.696. The van der Waals surface area contributed by atoms with Crippen molar-refractivity contribution in [2.24, 2.45) is 5.92 Å². The highest BCUT2D eigenvalue weighted by Gasteiger charge is 2.27. The minimum absolute atomic E-state index is 0.0158. The smallest absolute Gasteiger partial charge is 0.277 e. The number of nitrogens with zero attached hydrogens (tertiary/aromatic N) is 3. The van der Waals surface area contributed by atoms with Gasteiger partial charge < -0.3 is 14.1 Å². The lowest BCUT2D eigenvalue weighted by Crippen LogP contribution is -2.34. The molecule has 1 atom stereocenters. The molecule has 2 aromatic rings. The third-order valence-electron chi connectivity index (χ3n) is 3.15. The highest BCUT2D eigenvalue weighted by molar-refractivity contribution is 8.00. The molecule has 0 aliphatic heterocycles. The summed E-state index contributed by atoms with van der Waals surface area (Å²) >= 11 is 7.29. The normalized spacial score (nSPS) is 12.2. The first kappa shape index (κ1) is 18.6. The van der Waals surface area contributed by atoms with Crippen LogP contribution in [0.5, 0.6) is 5.75 Å². The summed E-state index contributed by atoms with van der Waals surface area (Å²) < 4.78 is 11.1. The summed E-state index contributed by atoms with van der Waals surface area (Å²) in [6.07, 6.45) is 0. The Hall–Kier alpha value is -1.73. The van der Waals surface area contributed by atoms with E-state index in [2.05, 4.69) is 10.2 Å². The number of benzene rings is 1. The van der Waals surface area contributed by atoms with Gasteiger partial charge in [0.05, 0.1) is 10.3 Å². The summed E-state index contributed by atoms with van der Waals surface area (Å²) in [6, 6.07) is 7.16. The van der Waals surface area contributed by atoms with Crippen molar-refractivity contribution in [3.63, 3.8) is 0 Å². The summed E-state index contributed by atoms with van der Waals surface area (Å²) in [6.45, 7) is 4.08. The van der Waals surface area contributed by atoms with E-state index in [0.717, 1.165) is 0 Å². The zero-order valence-electron chi connectivity index (χ0n) is 14.0. The topological polar surface area (TPSA) is 68.5 Å². The van der Waals surface area contributed by atoms with Gasteiger partial charge in [-0.05, 0) is 18.1 Å². The summed E-state index contributed by atoms with van der Waals surface area (Å²) in [4.78, 5) is 13.8. The molecule has 2 rings (SSSR count). The van der Waals surface area contributed by atoms with Gasteiger partial charge in [-0.15, -0.1) is 10.2 Å². The summed E-state index contributed by atoms with van der Waals surface area (Å²) in [5.41, 5.74) is 0. The minimum Gasteiger partial charge on any atom is -0.482 e. The Morgan fingerprint density at radius 2 is 2.04 bits per heavy atom. The average Bonchev–Trinajstić information content (AvgIpc) is 2.98. The van der Waals surface area contributed by atoms with Crippen LogP contribution in [0.15, 0.2) is 33.9 Å². The van der Waals surface area contributed by atoms with Crippen LogP contribution in [-0.2, 0) is 11.4 Å². The molecular weight excluding hydrogens is 350 g/mol. The van der Waals surface area contributed by atoms with Gasteiger partial charge in [-0.1, -0.05) is 49.3 Å². The maximum atomic E-state index is 12.2. The van der Waals surface area contributed by atoms with E-state index in [-0.39, 0.29) is 23.7 Å². The van der Waals surface area contributed by atoms with Crippen molar-refractivity contribution in [1.82, 2.24) is 15.1 Å². The van der Waals surface area contributed by atoms with Crippen LogP contribution < -0.4 is 4.74 Å². The van der Waals surface area contributed by atoms with Crippen LogP contribution in [0.25, 0.3) is 0 Å². The molecule has 1 heterocycles. The molecule has 24 heavy (non-hydrogen) atoms. The number of hydrogen-bond acceptors (Lipinski definition) is 6. The number of thioether (sulfide) groups is 1. The molecule has 0 fully saturated rings. The first-order chi connectivity index (χ1) is 11.4. The zero-order valence-corrected chi connectivity index (χ0v) is 15.6. The molecule has 0 saturated heterocycles. The van der Waals surface area contributed by atoms with E-state index in [1.165, 1.54) is 11.8 Å². The van der Waals surface area contributed by atoms with E-state index < -0.39 is 0 Å². The van der Waals surface area contributed by atoms with Gasteiger partial charge in [-0.2, -0.15) is 0 Å². The Morgan fingerprint density at radius 1 is 1.33 bits per heavy atom. The van der Waals surface area contributed by atoms with Gasteiger partial charge in [-0.3, -0.25) is 4.79 Å². The number of hydrogen-bond donors (Lipinski definition) is 0. The van der Waals surface area contributed by atoms with Crippen LogP contribution in [0.4, 0.5) is 0 Å². The van der Waals surface area contributed by atoms with Crippen LogP contribution in [0.1, 0.15) is 19.7 Å². The lowest BCUT2D eigenvalue weighted by atomic mass is 10.1. The lowest BCUT2D eigenvalue weighted by Gasteiger charge is -2.21. The molecule has 1 unspecified atom stereocenters. The molecule has 8 heteroatoms. The maximum Gasteiger partial charge on any atom is 0.277 e. The number of ether oxygens (including phenoxy) is 1. The number of amides is 1. The summed E-state index contributed by atoms with van der Waals surface area (Å²) in [5.74, 6) is 1.04. The molecule has 0 aliphatic carbocycles. The van der Waals surface area contributed by atoms with Crippen LogP contribution in [0.3, 0.4) is 0 Å². The number of carbonyl (C=O) groups is 1. The molecule has 6 nitrogen and oxygen atoms in total. The van der Waals surface area contributed by atoms with Crippen LogP contribution in [0.2, 0.25) is 5.02 Å². The van der Waals surface area contributed by atoms with Crippen molar-refractivity contribution >= 4 is 29.3 Å². The number of halogens is 1. The van der Waals surface area contributed by atoms with Crippen LogP contribution in [0, 0.1) is 5.92 Å². The fourth-order valence-corrected chi connectivity index (χ4v) is 3.10. The number of rotatable bonds is 7. The molecule has 130 valence electrons. The largest absolute Gasteiger partial charge is 0.482 e. The van der Waals surface area contributed by atoms with Gasteiger partial charge >= 0.3 is 0 Å². The second-order valence-electron chi connectivity index (χ2n) is 5.70. The second kappa shape index (κ2) is 8.39. The van der Waals surface area contributed by atoms with E-state index >= 15 is 0 Å². The Labute approximate surface area is 150 Å². The fourth-order valence-electron chi connectivity index (χ4n) is 1.88. The monoisotopic (exact) mass is 369 g/mol. The second-order valence-corrected chi connectivity index (χ2v) is 7.20.